The zero-order chi connectivity index (χ0) is 26.4. The maximum atomic E-state index is 14.0. The quantitative estimate of drug-likeness (QED) is 0.276. The van der Waals surface area contributed by atoms with Gasteiger partial charge in [-0.25, -0.2) is 4.98 Å². The number of carbonyl (C=O) groups is 1. The summed E-state index contributed by atoms with van der Waals surface area (Å²) in [6.45, 7) is 2.88. The largest absolute Gasteiger partial charge is 0.489 e. The number of hydrogen-bond donors (Lipinski definition) is 1. The normalized spacial score (nSPS) is 13.0. The number of nitrogens with one attached hydrogen (secondary N) is 1. The number of rotatable bonds is 7. The molecule has 5 aromatic rings. The molecule has 0 spiro atoms. The van der Waals surface area contributed by atoms with Gasteiger partial charge in [0.15, 0.2) is 0 Å². The van der Waals surface area contributed by atoms with E-state index in [1.54, 1.807) is 6.33 Å². The number of imidazole rings is 1. The molecule has 0 radical (unpaired) electrons. The number of fused-ring (bicyclic) bond motifs is 1. The summed E-state index contributed by atoms with van der Waals surface area (Å²) in [7, 11) is 0. The van der Waals surface area contributed by atoms with Crippen molar-refractivity contribution in [3.05, 3.63) is 138 Å². The molecule has 4 aromatic carbocycles. The first-order valence-electron chi connectivity index (χ1n) is 13.2. The van der Waals surface area contributed by atoms with Crippen molar-refractivity contribution in [3.63, 3.8) is 0 Å². The van der Waals surface area contributed by atoms with E-state index < -0.39 is 0 Å². The monoisotopic (exact) mass is 514 g/mol. The van der Waals surface area contributed by atoms with Gasteiger partial charge < -0.3 is 19.5 Å². The highest BCUT2D eigenvalue weighted by Crippen LogP contribution is 2.32. The Bertz CT molecular complexity index is 1540. The summed E-state index contributed by atoms with van der Waals surface area (Å²) in [5.74, 6) is 0.799. The van der Waals surface area contributed by atoms with E-state index in [0.717, 1.165) is 39.4 Å². The van der Waals surface area contributed by atoms with Crippen LogP contribution in [-0.4, -0.2) is 33.9 Å². The first-order valence-corrected chi connectivity index (χ1v) is 13.2. The highest BCUT2D eigenvalue weighted by Gasteiger charge is 2.26. The first-order chi connectivity index (χ1) is 19.2. The van der Waals surface area contributed by atoms with Crippen molar-refractivity contribution in [1.29, 1.82) is 0 Å². The van der Waals surface area contributed by atoms with Crippen LogP contribution in [0.5, 0.6) is 5.75 Å². The Hall–Kier alpha value is -4.84. The molecule has 0 saturated carbocycles. The third-order valence-electron chi connectivity index (χ3n) is 7.12. The highest BCUT2D eigenvalue weighted by molar-refractivity contribution is 5.96. The zero-order valence-corrected chi connectivity index (χ0v) is 21.7. The van der Waals surface area contributed by atoms with E-state index in [9.17, 15) is 4.79 Å². The van der Waals surface area contributed by atoms with E-state index >= 15 is 0 Å². The standard InChI is InChI=1S/C33H30N4O2/c38-33(31-14-8-7-11-27(31)23-39-30-12-5-2-6-13-30)37-18-17-36(22-29-20-34-24-35-29)32-16-15-26(19-28(32)21-37)25-9-3-1-4-10-25/h1-16,19-20,24H,17-18,21-23H2,(H,34,35). The summed E-state index contributed by atoms with van der Waals surface area (Å²) in [5.41, 5.74) is 7.16. The van der Waals surface area contributed by atoms with E-state index in [1.165, 1.54) is 0 Å². The Balaban J connectivity index is 1.30. The van der Waals surface area contributed by atoms with Crippen LogP contribution in [0.25, 0.3) is 11.1 Å². The summed E-state index contributed by atoms with van der Waals surface area (Å²) < 4.78 is 6.00. The van der Waals surface area contributed by atoms with E-state index in [1.807, 2.05) is 71.8 Å². The molecule has 1 aliphatic rings. The molecule has 0 saturated heterocycles. The van der Waals surface area contributed by atoms with E-state index in [-0.39, 0.29) is 5.91 Å². The molecule has 0 atom stereocenters. The molecule has 0 fully saturated rings. The third-order valence-corrected chi connectivity index (χ3v) is 7.12. The van der Waals surface area contributed by atoms with Crippen LogP contribution in [0.1, 0.15) is 27.2 Å². The maximum Gasteiger partial charge on any atom is 0.254 e. The van der Waals surface area contributed by atoms with Crippen molar-refractivity contribution in [1.82, 2.24) is 14.9 Å². The number of amides is 1. The Morgan fingerprint density at radius 2 is 1.62 bits per heavy atom. The van der Waals surface area contributed by atoms with Crippen LogP contribution >= 0.6 is 0 Å². The number of para-hydroxylation sites is 1. The van der Waals surface area contributed by atoms with Crippen LogP contribution in [0.15, 0.2) is 116 Å². The number of benzene rings is 4. The second kappa shape index (κ2) is 11.3. The lowest BCUT2D eigenvalue weighted by atomic mass is 10.0. The average molecular weight is 515 g/mol. The number of anilines is 1. The summed E-state index contributed by atoms with van der Waals surface area (Å²) in [6, 6.07) is 34.4. The third kappa shape index (κ3) is 5.55. The number of ether oxygens (including phenoxy) is 1. The lowest BCUT2D eigenvalue weighted by molar-refractivity contribution is 0.0748. The second-order valence-corrected chi connectivity index (χ2v) is 9.69. The van der Waals surface area contributed by atoms with Crippen LogP contribution in [0.4, 0.5) is 5.69 Å². The minimum atomic E-state index is 0.0155. The summed E-state index contributed by atoms with van der Waals surface area (Å²) >= 11 is 0. The molecule has 1 aliphatic heterocycles. The maximum absolute atomic E-state index is 14.0. The van der Waals surface area contributed by atoms with E-state index in [0.29, 0.717) is 38.3 Å². The summed E-state index contributed by atoms with van der Waals surface area (Å²) in [6.07, 6.45) is 3.56. The van der Waals surface area contributed by atoms with Gasteiger partial charge in [-0.2, -0.15) is 0 Å². The summed E-state index contributed by atoms with van der Waals surface area (Å²) in [4.78, 5) is 25.7. The number of hydrogen-bond acceptors (Lipinski definition) is 4. The van der Waals surface area contributed by atoms with Crippen LogP contribution in [-0.2, 0) is 19.7 Å². The fraction of sp³-hybridized carbons (Fsp3) is 0.152. The van der Waals surface area contributed by atoms with Gasteiger partial charge in [0.05, 0.1) is 18.6 Å². The fourth-order valence-corrected chi connectivity index (χ4v) is 5.09. The van der Waals surface area contributed by atoms with Crippen LogP contribution in [0.3, 0.4) is 0 Å². The van der Waals surface area contributed by atoms with Crippen molar-refractivity contribution in [2.24, 2.45) is 0 Å². The van der Waals surface area contributed by atoms with Gasteiger partial charge in [0.25, 0.3) is 5.91 Å². The van der Waals surface area contributed by atoms with Gasteiger partial charge in [-0.1, -0.05) is 72.8 Å². The molecule has 2 heterocycles. The van der Waals surface area contributed by atoms with Crippen molar-refractivity contribution in [2.45, 2.75) is 19.7 Å². The molecular formula is C33H30N4O2. The minimum absolute atomic E-state index is 0.0155. The highest BCUT2D eigenvalue weighted by atomic mass is 16.5. The number of aromatic amines is 1. The fourth-order valence-electron chi connectivity index (χ4n) is 5.09. The van der Waals surface area contributed by atoms with Gasteiger partial charge in [-0.3, -0.25) is 4.79 Å². The molecule has 0 aliphatic carbocycles. The molecule has 1 amide bonds. The topological polar surface area (TPSA) is 61.5 Å². The lowest BCUT2D eigenvalue weighted by Gasteiger charge is -2.25. The minimum Gasteiger partial charge on any atom is -0.489 e. The molecule has 6 rings (SSSR count). The van der Waals surface area contributed by atoms with Crippen molar-refractivity contribution < 1.29 is 9.53 Å². The summed E-state index contributed by atoms with van der Waals surface area (Å²) in [5, 5.41) is 0. The van der Waals surface area contributed by atoms with Gasteiger partial charge in [0.1, 0.15) is 12.4 Å². The first kappa shape index (κ1) is 24.5. The zero-order valence-electron chi connectivity index (χ0n) is 21.7. The van der Waals surface area contributed by atoms with Gasteiger partial charge in [0.2, 0.25) is 0 Å². The predicted molar refractivity (Wildman–Crippen MR) is 153 cm³/mol. The van der Waals surface area contributed by atoms with Crippen molar-refractivity contribution in [2.75, 3.05) is 18.0 Å². The van der Waals surface area contributed by atoms with Gasteiger partial charge in [-0.15, -0.1) is 0 Å². The molecule has 1 aromatic heterocycles. The smallest absolute Gasteiger partial charge is 0.254 e. The van der Waals surface area contributed by atoms with Crippen LogP contribution in [0, 0.1) is 0 Å². The Labute approximate surface area is 228 Å². The number of aromatic nitrogens is 2. The molecule has 1 N–H and O–H groups in total. The molecule has 6 heteroatoms. The van der Waals surface area contributed by atoms with E-state index in [2.05, 4.69) is 57.3 Å². The molecule has 0 unspecified atom stereocenters. The van der Waals surface area contributed by atoms with Crippen molar-refractivity contribution >= 4 is 11.6 Å². The average Bonchev–Trinajstić information content (AvgIpc) is 3.44. The Morgan fingerprint density at radius 3 is 2.41 bits per heavy atom. The van der Waals surface area contributed by atoms with Gasteiger partial charge in [0, 0.05) is 42.6 Å². The van der Waals surface area contributed by atoms with Crippen LogP contribution in [0.2, 0.25) is 0 Å². The second-order valence-electron chi connectivity index (χ2n) is 9.69. The number of carbonyl (C=O) groups excluding carboxylic acids is 1. The molecule has 0 bridgehead atoms. The Morgan fingerprint density at radius 1 is 0.846 bits per heavy atom. The van der Waals surface area contributed by atoms with Gasteiger partial charge >= 0.3 is 0 Å². The molecular weight excluding hydrogens is 484 g/mol. The SMILES string of the molecule is O=C(c1ccccc1COc1ccccc1)N1CCN(Cc2cnc[nH]2)c2ccc(-c3ccccc3)cc2C1. The van der Waals surface area contributed by atoms with Gasteiger partial charge in [-0.05, 0) is 47.0 Å². The predicted octanol–water partition coefficient (Wildman–Crippen LogP) is 6.32. The van der Waals surface area contributed by atoms with Crippen LogP contribution < -0.4 is 9.64 Å². The number of nitrogens with zero attached hydrogens (tertiary/aromatic N) is 3. The van der Waals surface area contributed by atoms with E-state index in [4.69, 9.17) is 4.74 Å². The number of H-pyrrole nitrogens is 1. The molecule has 39 heavy (non-hydrogen) atoms. The Kier molecular flexibility index (Phi) is 7.08. The molecule has 6 nitrogen and oxygen atoms in total. The van der Waals surface area contributed by atoms with Crippen molar-refractivity contribution in [3.8, 4) is 16.9 Å². The lowest BCUT2D eigenvalue weighted by Crippen LogP contribution is -2.35. The molecule has 194 valence electrons.